The van der Waals surface area contributed by atoms with Crippen molar-refractivity contribution in [3.05, 3.63) is 69.5 Å². The summed E-state index contributed by atoms with van der Waals surface area (Å²) in [4.78, 5) is 15.6. The molecule has 4 bridgehead atoms. The van der Waals surface area contributed by atoms with Crippen LogP contribution in [0.25, 0.3) is 0 Å². The highest BCUT2D eigenvalue weighted by Crippen LogP contribution is 2.48. The largest absolute Gasteiger partial charge is 0.491 e. The van der Waals surface area contributed by atoms with E-state index in [1.165, 1.54) is 11.6 Å². The van der Waals surface area contributed by atoms with Gasteiger partial charge in [0.2, 0.25) is 0 Å². The van der Waals surface area contributed by atoms with E-state index in [9.17, 15) is 9.00 Å². The number of amides is 1. The molecule has 6 nitrogen and oxygen atoms in total. The fourth-order valence-corrected chi connectivity index (χ4v) is 8.81. The van der Waals surface area contributed by atoms with Crippen LogP contribution in [0.1, 0.15) is 73.9 Å². The fraction of sp³-hybridized carbons (Fsp3) is 0.559. The van der Waals surface area contributed by atoms with Crippen LogP contribution in [0.5, 0.6) is 5.75 Å². The molecule has 0 saturated heterocycles. The number of carbonyl (C=O) groups is 1. The Morgan fingerprint density at radius 2 is 1.98 bits per heavy atom. The van der Waals surface area contributed by atoms with Crippen molar-refractivity contribution in [2.45, 2.75) is 70.1 Å². The zero-order chi connectivity index (χ0) is 30.4. The van der Waals surface area contributed by atoms with E-state index in [1.54, 1.807) is 13.2 Å². The molecular formula is C34H42ClFN2O4S. The zero-order valence-corrected chi connectivity index (χ0v) is 27.0. The Kier molecular flexibility index (Phi) is 8.91. The summed E-state index contributed by atoms with van der Waals surface area (Å²) >= 11 is 6.28. The number of ether oxygens (including phenoxy) is 2. The van der Waals surface area contributed by atoms with Crippen LogP contribution in [-0.2, 0) is 22.1 Å². The third kappa shape index (κ3) is 5.87. The van der Waals surface area contributed by atoms with Crippen molar-refractivity contribution >= 4 is 34.2 Å². The molecule has 2 aromatic carbocycles. The summed E-state index contributed by atoms with van der Waals surface area (Å²) in [5.74, 6) is 1.01. The van der Waals surface area contributed by atoms with Gasteiger partial charge in [0.25, 0.3) is 5.91 Å². The second kappa shape index (κ2) is 12.5. The second-order valence-electron chi connectivity index (χ2n) is 12.9. The van der Waals surface area contributed by atoms with Crippen molar-refractivity contribution in [3.63, 3.8) is 0 Å². The van der Waals surface area contributed by atoms with Crippen LogP contribution in [-0.4, -0.2) is 48.3 Å². The topological polar surface area (TPSA) is 67.9 Å². The number of aryl methyl sites for hydroxylation is 1. The first kappa shape index (κ1) is 30.6. The van der Waals surface area contributed by atoms with Gasteiger partial charge in [0.05, 0.1) is 23.6 Å². The van der Waals surface area contributed by atoms with Crippen molar-refractivity contribution in [2.75, 3.05) is 31.7 Å². The average molecular weight is 629 g/mol. The Balaban J connectivity index is 1.40. The maximum atomic E-state index is 15.6. The number of benzene rings is 2. The van der Waals surface area contributed by atoms with Gasteiger partial charge in [-0.2, -0.15) is 0 Å². The lowest BCUT2D eigenvalue weighted by molar-refractivity contribution is -0.000238. The molecule has 7 unspecified atom stereocenters. The number of rotatable bonds is 4. The van der Waals surface area contributed by atoms with Gasteiger partial charge in [-0.15, -0.1) is 0 Å². The van der Waals surface area contributed by atoms with Crippen LogP contribution in [0.3, 0.4) is 0 Å². The van der Waals surface area contributed by atoms with E-state index in [2.05, 4.69) is 29.5 Å². The van der Waals surface area contributed by atoms with Gasteiger partial charge in [-0.25, -0.2) is 8.60 Å². The SMILES string of the molecule is CCCc1cc(Cl)cc(F)c1C1COc2ccc3cc2N(C1)CC1CCC1C(OC)C1=CC(C1)[C@H](C)C(C)S(=O)NC3=O. The highest BCUT2D eigenvalue weighted by molar-refractivity contribution is 7.84. The normalized spacial score (nSPS) is 32.3. The van der Waals surface area contributed by atoms with Crippen LogP contribution in [0, 0.1) is 29.5 Å². The Hall–Kier alpha value is -2.42. The maximum absolute atomic E-state index is 15.6. The van der Waals surface area contributed by atoms with Gasteiger partial charge in [0.1, 0.15) is 22.6 Å². The minimum absolute atomic E-state index is 0.0605. The molecule has 3 heterocycles. The molecule has 1 N–H and O–H groups in total. The number of allylic oxidation sites excluding steroid dienone is 1. The van der Waals surface area contributed by atoms with Gasteiger partial charge in [0, 0.05) is 36.7 Å². The third-order valence-electron chi connectivity index (χ3n) is 10.3. The first-order chi connectivity index (χ1) is 20.7. The van der Waals surface area contributed by atoms with Gasteiger partial charge in [0.15, 0.2) is 0 Å². The Morgan fingerprint density at radius 1 is 1.19 bits per heavy atom. The standard InChI is InChI=1S/C34H42ClFN2O4S/c1-5-6-21-13-27(35)15-29(36)32(21)26-17-38-16-23-7-9-28(23)33(41-4)25-11-24(12-25)19(2)20(3)43(40)37-34(39)22-8-10-31(42-18-26)30(38)14-22/h8,10-11,13-15,19-20,23-24,26,28,33H,5-7,9,12,16-18H2,1-4H3,(H,37,39)/t19-,20?,23?,24?,26?,28?,33?,43?/m1/s1. The summed E-state index contributed by atoms with van der Waals surface area (Å²) in [6.45, 7) is 7.74. The monoisotopic (exact) mass is 628 g/mol. The number of nitrogens with zero attached hydrogens (tertiary/aromatic N) is 1. The highest BCUT2D eigenvalue weighted by atomic mass is 35.5. The molecule has 5 aliphatic rings. The van der Waals surface area contributed by atoms with Crippen molar-refractivity contribution in [1.82, 2.24) is 4.72 Å². The molecular weight excluding hydrogens is 587 g/mol. The Labute approximate surface area is 261 Å². The summed E-state index contributed by atoms with van der Waals surface area (Å²) in [5, 5.41) is 0.199. The van der Waals surface area contributed by atoms with E-state index in [-0.39, 0.29) is 34.9 Å². The molecule has 0 aromatic heterocycles. The molecule has 232 valence electrons. The summed E-state index contributed by atoms with van der Waals surface area (Å²) in [7, 11) is 0.267. The maximum Gasteiger partial charge on any atom is 0.263 e. The lowest BCUT2D eigenvalue weighted by Gasteiger charge is -2.47. The quantitative estimate of drug-likeness (QED) is 0.376. The number of nitrogens with one attached hydrogen (secondary N) is 1. The third-order valence-corrected chi connectivity index (χ3v) is 12.0. The van der Waals surface area contributed by atoms with Gasteiger partial charge in [-0.05, 0) is 103 Å². The van der Waals surface area contributed by atoms with Crippen molar-refractivity contribution in [1.29, 1.82) is 0 Å². The molecule has 3 aliphatic heterocycles. The number of fused-ring (bicyclic) bond motifs is 4. The molecule has 0 radical (unpaired) electrons. The molecule has 8 atom stereocenters. The molecule has 1 amide bonds. The summed E-state index contributed by atoms with van der Waals surface area (Å²) in [6.07, 6.45) is 7.08. The van der Waals surface area contributed by atoms with E-state index in [0.29, 0.717) is 52.8 Å². The van der Waals surface area contributed by atoms with Crippen LogP contribution in [0.4, 0.5) is 10.1 Å². The Morgan fingerprint density at radius 3 is 2.67 bits per heavy atom. The number of methoxy groups -OCH3 is 1. The smallest absolute Gasteiger partial charge is 0.263 e. The van der Waals surface area contributed by atoms with Crippen LogP contribution in [0.15, 0.2) is 42.0 Å². The minimum Gasteiger partial charge on any atom is -0.491 e. The highest BCUT2D eigenvalue weighted by Gasteiger charge is 2.44. The zero-order valence-electron chi connectivity index (χ0n) is 25.4. The van der Waals surface area contributed by atoms with E-state index in [4.69, 9.17) is 21.1 Å². The molecule has 1 fully saturated rings. The number of hydrogen-bond donors (Lipinski definition) is 1. The van der Waals surface area contributed by atoms with Crippen LogP contribution in [0.2, 0.25) is 5.02 Å². The van der Waals surface area contributed by atoms with Crippen LogP contribution >= 0.6 is 11.6 Å². The first-order valence-electron chi connectivity index (χ1n) is 15.6. The number of anilines is 1. The van der Waals surface area contributed by atoms with Gasteiger partial charge < -0.3 is 14.4 Å². The summed E-state index contributed by atoms with van der Waals surface area (Å²) in [6, 6.07) is 8.67. The summed E-state index contributed by atoms with van der Waals surface area (Å²) in [5.41, 5.74) is 4.15. The minimum atomic E-state index is -1.54. The lowest BCUT2D eigenvalue weighted by Crippen LogP contribution is -2.47. The van der Waals surface area contributed by atoms with Gasteiger partial charge >= 0.3 is 0 Å². The van der Waals surface area contributed by atoms with Crippen molar-refractivity contribution in [2.24, 2.45) is 23.7 Å². The predicted molar refractivity (Wildman–Crippen MR) is 170 cm³/mol. The first-order valence-corrected chi connectivity index (χ1v) is 17.2. The van der Waals surface area contributed by atoms with Gasteiger partial charge in [-0.3, -0.25) is 9.52 Å². The second-order valence-corrected chi connectivity index (χ2v) is 14.8. The number of carbonyl (C=O) groups excluding carboxylic acids is 1. The average Bonchev–Trinajstić information content (AvgIpc) is 3.11. The summed E-state index contributed by atoms with van der Waals surface area (Å²) < 4.78 is 44.1. The van der Waals surface area contributed by atoms with Crippen molar-refractivity contribution < 1.29 is 22.9 Å². The predicted octanol–water partition coefficient (Wildman–Crippen LogP) is 6.83. The molecule has 9 heteroatoms. The van der Waals surface area contributed by atoms with Crippen LogP contribution < -0.4 is 14.4 Å². The van der Waals surface area contributed by atoms with E-state index >= 15 is 4.39 Å². The molecule has 43 heavy (non-hydrogen) atoms. The number of hydrogen-bond acceptors (Lipinski definition) is 5. The molecule has 7 rings (SSSR count). The van der Waals surface area contributed by atoms with E-state index in [0.717, 1.165) is 49.9 Å². The van der Waals surface area contributed by atoms with Gasteiger partial charge in [-0.1, -0.05) is 37.9 Å². The van der Waals surface area contributed by atoms with E-state index in [1.807, 2.05) is 25.1 Å². The molecule has 0 spiro atoms. The number of halogens is 2. The van der Waals surface area contributed by atoms with E-state index < -0.39 is 11.0 Å². The van der Waals surface area contributed by atoms with Crippen molar-refractivity contribution in [3.8, 4) is 5.75 Å². The fourth-order valence-electron chi connectivity index (χ4n) is 7.51. The lowest BCUT2D eigenvalue weighted by atomic mass is 9.64. The molecule has 2 aromatic rings. The molecule has 1 saturated carbocycles. The Bertz CT molecular complexity index is 1450. The molecule has 2 aliphatic carbocycles.